The van der Waals surface area contributed by atoms with Gasteiger partial charge >= 0.3 is 0 Å². The number of benzene rings is 2. The van der Waals surface area contributed by atoms with E-state index < -0.39 is 11.6 Å². The third kappa shape index (κ3) is 3.16. The van der Waals surface area contributed by atoms with E-state index >= 15 is 0 Å². The van der Waals surface area contributed by atoms with Crippen LogP contribution in [-0.4, -0.2) is 53.7 Å². The molecule has 8 heteroatoms. The third-order valence-electron chi connectivity index (χ3n) is 4.85. The van der Waals surface area contributed by atoms with Gasteiger partial charge in [-0.1, -0.05) is 0 Å². The number of ketones is 2. The van der Waals surface area contributed by atoms with E-state index in [0.717, 1.165) is 0 Å². The SMILES string of the molecule is COc1cc(O)c2c(c1)C(=O)c1cc(N(CCCl)CCCl)c(C)c(O)c1C2=O. The maximum atomic E-state index is 13.1. The molecule has 0 heterocycles. The van der Waals surface area contributed by atoms with Gasteiger partial charge in [-0.05, 0) is 19.1 Å². The van der Waals surface area contributed by atoms with Crippen molar-refractivity contribution in [2.45, 2.75) is 6.92 Å². The molecule has 1 aliphatic carbocycles. The molecule has 0 spiro atoms. The molecule has 2 aromatic carbocycles. The number of anilines is 1. The van der Waals surface area contributed by atoms with Crippen molar-refractivity contribution in [1.82, 2.24) is 0 Å². The highest BCUT2D eigenvalue weighted by Crippen LogP contribution is 2.42. The zero-order chi connectivity index (χ0) is 20.6. The van der Waals surface area contributed by atoms with Crippen molar-refractivity contribution in [3.63, 3.8) is 0 Å². The van der Waals surface area contributed by atoms with Crippen LogP contribution >= 0.6 is 23.2 Å². The number of ether oxygens (including phenoxy) is 1. The molecule has 6 nitrogen and oxygen atoms in total. The van der Waals surface area contributed by atoms with Gasteiger partial charge in [0.2, 0.25) is 5.78 Å². The van der Waals surface area contributed by atoms with Crippen LogP contribution in [0.4, 0.5) is 5.69 Å². The number of aromatic hydroxyl groups is 2. The summed E-state index contributed by atoms with van der Waals surface area (Å²) in [6.07, 6.45) is 0. The molecular formula is C20H19Cl2NO5. The number of rotatable bonds is 6. The van der Waals surface area contributed by atoms with Crippen LogP contribution in [0.3, 0.4) is 0 Å². The molecule has 0 fully saturated rings. The summed E-state index contributed by atoms with van der Waals surface area (Å²) in [6.45, 7) is 2.57. The van der Waals surface area contributed by atoms with Crippen LogP contribution in [-0.2, 0) is 0 Å². The van der Waals surface area contributed by atoms with Gasteiger partial charge in [-0.3, -0.25) is 9.59 Å². The van der Waals surface area contributed by atoms with Crippen molar-refractivity contribution in [1.29, 1.82) is 0 Å². The van der Waals surface area contributed by atoms with Gasteiger partial charge < -0.3 is 19.8 Å². The van der Waals surface area contributed by atoms with Gasteiger partial charge in [-0.15, -0.1) is 23.2 Å². The van der Waals surface area contributed by atoms with Crippen molar-refractivity contribution in [2.75, 3.05) is 36.9 Å². The van der Waals surface area contributed by atoms with Crippen LogP contribution in [0.1, 0.15) is 37.4 Å². The van der Waals surface area contributed by atoms with Gasteiger partial charge in [0.25, 0.3) is 0 Å². The Kier molecular flexibility index (Phi) is 5.72. The lowest BCUT2D eigenvalue weighted by Crippen LogP contribution is -2.30. The average molecular weight is 424 g/mol. The number of phenolic OH excluding ortho intramolecular Hbond substituents is 2. The van der Waals surface area contributed by atoms with Crippen LogP contribution in [0.25, 0.3) is 0 Å². The molecule has 3 rings (SSSR count). The Bertz CT molecular complexity index is 968. The molecule has 0 atom stereocenters. The lowest BCUT2D eigenvalue weighted by Gasteiger charge is -2.28. The number of methoxy groups -OCH3 is 1. The highest BCUT2D eigenvalue weighted by Gasteiger charge is 2.36. The molecule has 0 aliphatic heterocycles. The van der Waals surface area contributed by atoms with Gasteiger partial charge in [0.05, 0.1) is 18.2 Å². The summed E-state index contributed by atoms with van der Waals surface area (Å²) in [5.74, 6) is -0.844. The van der Waals surface area contributed by atoms with Crippen LogP contribution in [0, 0.1) is 6.92 Å². The number of fused-ring (bicyclic) bond motifs is 2. The van der Waals surface area contributed by atoms with Gasteiger partial charge in [0.1, 0.15) is 17.2 Å². The zero-order valence-corrected chi connectivity index (χ0v) is 16.9. The Labute approximate surface area is 172 Å². The highest BCUT2D eigenvalue weighted by atomic mass is 35.5. The lowest BCUT2D eigenvalue weighted by molar-refractivity contribution is 0.0974. The van der Waals surface area contributed by atoms with E-state index in [2.05, 4.69) is 0 Å². The van der Waals surface area contributed by atoms with Crippen LogP contribution < -0.4 is 9.64 Å². The first-order chi connectivity index (χ1) is 13.3. The van der Waals surface area contributed by atoms with Gasteiger partial charge in [0, 0.05) is 53.3 Å². The number of nitrogens with zero attached hydrogens (tertiary/aromatic N) is 1. The van der Waals surface area contributed by atoms with E-state index in [1.165, 1.54) is 19.2 Å². The molecule has 0 amide bonds. The Morgan fingerprint density at radius 3 is 2.14 bits per heavy atom. The molecule has 28 heavy (non-hydrogen) atoms. The van der Waals surface area contributed by atoms with Crippen molar-refractivity contribution >= 4 is 40.5 Å². The minimum Gasteiger partial charge on any atom is -0.507 e. The van der Waals surface area contributed by atoms with Crippen molar-refractivity contribution in [2.24, 2.45) is 0 Å². The van der Waals surface area contributed by atoms with Crippen LogP contribution in [0.5, 0.6) is 17.2 Å². The van der Waals surface area contributed by atoms with Crippen molar-refractivity contribution in [3.05, 3.63) is 46.0 Å². The zero-order valence-electron chi connectivity index (χ0n) is 15.4. The maximum Gasteiger partial charge on any atom is 0.201 e. The Hall–Kier alpha value is -2.44. The second-order valence-corrected chi connectivity index (χ2v) is 7.14. The van der Waals surface area contributed by atoms with E-state index in [1.807, 2.05) is 4.90 Å². The molecule has 1 aliphatic rings. The van der Waals surface area contributed by atoms with E-state index in [-0.39, 0.29) is 39.5 Å². The van der Waals surface area contributed by atoms with E-state index in [9.17, 15) is 19.8 Å². The topological polar surface area (TPSA) is 87.1 Å². The van der Waals surface area contributed by atoms with Gasteiger partial charge in [-0.25, -0.2) is 0 Å². The number of halogens is 2. The summed E-state index contributed by atoms with van der Waals surface area (Å²) in [4.78, 5) is 28.0. The molecule has 0 aromatic heterocycles. The quantitative estimate of drug-likeness (QED) is 0.590. The summed E-state index contributed by atoms with van der Waals surface area (Å²) in [5.41, 5.74) is 0.859. The normalized spacial score (nSPS) is 12.6. The molecule has 0 radical (unpaired) electrons. The summed E-state index contributed by atoms with van der Waals surface area (Å²) < 4.78 is 5.09. The number of hydrogen-bond acceptors (Lipinski definition) is 6. The monoisotopic (exact) mass is 423 g/mol. The summed E-state index contributed by atoms with van der Waals surface area (Å²) in [5, 5.41) is 21.0. The number of alkyl halides is 2. The fourth-order valence-corrected chi connectivity index (χ4v) is 3.86. The standard InChI is InChI=1S/C20H19Cl2NO5/c1-10-14(23(5-3-21)6-4-22)9-13-17(18(10)25)20(27)16-12(19(13)26)7-11(28-2)8-15(16)24/h7-9,24-25H,3-6H2,1-2H3. The molecule has 2 aromatic rings. The number of phenols is 2. The molecule has 148 valence electrons. The Morgan fingerprint density at radius 1 is 0.964 bits per heavy atom. The first-order valence-corrected chi connectivity index (χ1v) is 9.66. The number of carbonyl (C=O) groups is 2. The molecule has 0 saturated carbocycles. The number of carbonyl (C=O) groups excluding carboxylic acids is 2. The minimum atomic E-state index is -0.613. The largest absolute Gasteiger partial charge is 0.507 e. The molecular weight excluding hydrogens is 405 g/mol. The van der Waals surface area contributed by atoms with Crippen molar-refractivity contribution in [3.8, 4) is 17.2 Å². The Morgan fingerprint density at radius 2 is 1.57 bits per heavy atom. The summed E-state index contributed by atoms with van der Waals surface area (Å²) >= 11 is 11.8. The third-order valence-corrected chi connectivity index (χ3v) is 5.18. The summed E-state index contributed by atoms with van der Waals surface area (Å²) in [7, 11) is 1.40. The molecule has 2 N–H and O–H groups in total. The highest BCUT2D eigenvalue weighted by molar-refractivity contribution is 6.30. The smallest absolute Gasteiger partial charge is 0.201 e. The Balaban J connectivity index is 2.25. The number of hydrogen-bond donors (Lipinski definition) is 2. The fourth-order valence-electron chi connectivity index (χ4n) is 3.45. The first kappa shape index (κ1) is 20.3. The predicted octanol–water partition coefficient (Wildman–Crippen LogP) is 3.47. The second-order valence-electron chi connectivity index (χ2n) is 6.38. The summed E-state index contributed by atoms with van der Waals surface area (Å²) in [6, 6.07) is 4.24. The fraction of sp³-hybridized carbons (Fsp3) is 0.300. The first-order valence-electron chi connectivity index (χ1n) is 8.59. The second kappa shape index (κ2) is 7.89. The average Bonchev–Trinajstić information content (AvgIpc) is 2.67. The van der Waals surface area contributed by atoms with Gasteiger partial charge in [0.15, 0.2) is 5.78 Å². The minimum absolute atomic E-state index is 0.0322. The lowest BCUT2D eigenvalue weighted by atomic mass is 9.81. The van der Waals surface area contributed by atoms with Crippen LogP contribution in [0.15, 0.2) is 18.2 Å². The van der Waals surface area contributed by atoms with E-state index in [4.69, 9.17) is 27.9 Å². The predicted molar refractivity (Wildman–Crippen MR) is 108 cm³/mol. The van der Waals surface area contributed by atoms with E-state index in [1.54, 1.807) is 13.0 Å². The molecule has 0 bridgehead atoms. The molecule has 0 unspecified atom stereocenters. The molecule has 0 saturated heterocycles. The van der Waals surface area contributed by atoms with Gasteiger partial charge in [-0.2, -0.15) is 0 Å². The van der Waals surface area contributed by atoms with E-state index in [0.29, 0.717) is 36.1 Å². The van der Waals surface area contributed by atoms with Crippen LogP contribution in [0.2, 0.25) is 0 Å². The van der Waals surface area contributed by atoms with Crippen molar-refractivity contribution < 1.29 is 24.5 Å². The maximum absolute atomic E-state index is 13.1.